The first-order valence-corrected chi connectivity index (χ1v) is 8.89. The van der Waals surface area contributed by atoms with Gasteiger partial charge in [0.25, 0.3) is 0 Å². The molecule has 1 aromatic rings. The van der Waals surface area contributed by atoms with Crippen molar-refractivity contribution in [3.8, 4) is 0 Å². The van der Waals surface area contributed by atoms with Crippen LogP contribution in [0.5, 0.6) is 0 Å². The van der Waals surface area contributed by atoms with E-state index in [-0.39, 0.29) is 24.0 Å². The predicted molar refractivity (Wildman–Crippen MR) is 114 cm³/mol. The van der Waals surface area contributed by atoms with Crippen molar-refractivity contribution in [2.75, 3.05) is 40.3 Å². The molecule has 4 nitrogen and oxygen atoms in total. The zero-order chi connectivity index (χ0) is 16.5. The van der Waals surface area contributed by atoms with Gasteiger partial charge in [0.2, 0.25) is 0 Å². The number of nitrogens with one attached hydrogen (secondary N) is 1. The number of likely N-dealkylation sites (tertiary alicyclic amines) is 1. The van der Waals surface area contributed by atoms with E-state index in [1.807, 2.05) is 7.05 Å². The first-order chi connectivity index (χ1) is 11.2. The minimum absolute atomic E-state index is 0. The van der Waals surface area contributed by atoms with E-state index < -0.39 is 0 Å². The number of rotatable bonds is 7. The number of guanidine groups is 1. The van der Waals surface area contributed by atoms with Crippen LogP contribution in [0.4, 0.5) is 0 Å². The van der Waals surface area contributed by atoms with Crippen molar-refractivity contribution in [3.63, 3.8) is 0 Å². The molecule has 1 aliphatic rings. The molecule has 1 aromatic carbocycles. The smallest absolute Gasteiger partial charge is 0.193 e. The van der Waals surface area contributed by atoms with E-state index in [1.165, 1.54) is 56.4 Å². The number of hydrogen-bond acceptors (Lipinski definition) is 2. The van der Waals surface area contributed by atoms with Gasteiger partial charge in [-0.05, 0) is 63.4 Å². The lowest BCUT2D eigenvalue weighted by atomic mass is 10.1. The van der Waals surface area contributed by atoms with Gasteiger partial charge in [0.05, 0.1) is 0 Å². The Hall–Kier alpha value is -0.820. The molecule has 2 rings (SSSR count). The maximum absolute atomic E-state index is 4.41. The van der Waals surface area contributed by atoms with Crippen molar-refractivity contribution in [1.29, 1.82) is 0 Å². The van der Waals surface area contributed by atoms with Gasteiger partial charge in [-0.2, -0.15) is 0 Å². The summed E-state index contributed by atoms with van der Waals surface area (Å²) in [4.78, 5) is 9.19. The largest absolute Gasteiger partial charge is 0.356 e. The van der Waals surface area contributed by atoms with Crippen molar-refractivity contribution in [2.24, 2.45) is 4.99 Å². The van der Waals surface area contributed by atoms with E-state index in [4.69, 9.17) is 0 Å². The van der Waals surface area contributed by atoms with E-state index >= 15 is 0 Å². The lowest BCUT2D eigenvalue weighted by Gasteiger charge is -2.23. The molecule has 0 aliphatic carbocycles. The van der Waals surface area contributed by atoms with Gasteiger partial charge in [0.1, 0.15) is 0 Å². The summed E-state index contributed by atoms with van der Waals surface area (Å²) in [7, 11) is 3.97. The Labute approximate surface area is 164 Å². The zero-order valence-corrected chi connectivity index (χ0v) is 17.8. The van der Waals surface area contributed by atoms with E-state index in [2.05, 4.69) is 58.3 Å². The summed E-state index contributed by atoms with van der Waals surface area (Å²) in [6.07, 6.45) is 5.24. The van der Waals surface area contributed by atoms with Crippen LogP contribution >= 0.6 is 24.0 Å². The van der Waals surface area contributed by atoms with Gasteiger partial charge >= 0.3 is 0 Å². The van der Waals surface area contributed by atoms with Crippen molar-refractivity contribution in [3.05, 3.63) is 35.4 Å². The Balaban J connectivity index is 0.00000288. The quantitative estimate of drug-likeness (QED) is 0.302. The zero-order valence-electron chi connectivity index (χ0n) is 15.4. The topological polar surface area (TPSA) is 30.9 Å². The van der Waals surface area contributed by atoms with E-state index in [0.717, 1.165) is 19.0 Å². The first-order valence-electron chi connectivity index (χ1n) is 8.89. The second kappa shape index (κ2) is 11.7. The van der Waals surface area contributed by atoms with Crippen molar-refractivity contribution < 1.29 is 0 Å². The third-order valence-corrected chi connectivity index (χ3v) is 4.63. The maximum Gasteiger partial charge on any atom is 0.193 e. The van der Waals surface area contributed by atoms with Crippen LogP contribution in [-0.2, 0) is 6.54 Å². The minimum Gasteiger partial charge on any atom is -0.356 e. The monoisotopic (exact) mass is 444 g/mol. The molecular formula is C19H33IN4. The number of benzene rings is 1. The van der Waals surface area contributed by atoms with E-state index in [9.17, 15) is 0 Å². The molecule has 0 saturated carbocycles. The molecular weight excluding hydrogens is 411 g/mol. The molecule has 0 atom stereocenters. The van der Waals surface area contributed by atoms with E-state index in [0.29, 0.717) is 0 Å². The Morgan fingerprint density at radius 1 is 1.21 bits per heavy atom. The second-order valence-electron chi connectivity index (χ2n) is 6.51. The Kier molecular flexibility index (Phi) is 10.3. The summed E-state index contributed by atoms with van der Waals surface area (Å²) in [6, 6.07) is 8.55. The third-order valence-electron chi connectivity index (χ3n) is 4.63. The highest BCUT2D eigenvalue weighted by Crippen LogP contribution is 2.10. The number of aliphatic imine (C=N–C) groups is 1. The van der Waals surface area contributed by atoms with Crippen molar-refractivity contribution >= 4 is 29.9 Å². The third kappa shape index (κ3) is 6.97. The first kappa shape index (κ1) is 21.2. The summed E-state index contributed by atoms with van der Waals surface area (Å²) in [5.41, 5.74) is 2.69. The van der Waals surface area contributed by atoms with Crippen LogP contribution in [0.3, 0.4) is 0 Å². The average Bonchev–Trinajstić information content (AvgIpc) is 3.06. The predicted octanol–water partition coefficient (Wildman–Crippen LogP) is 3.50. The number of unbranched alkanes of at least 4 members (excludes halogenated alkanes) is 1. The SMILES string of the molecule is CN=C(NCCCCN1CCCC1)N(C)Cc1ccccc1C.I. The fraction of sp³-hybridized carbons (Fsp3) is 0.632. The number of nitrogens with zero attached hydrogens (tertiary/aromatic N) is 3. The standard InChI is InChI=1S/C19H32N4.HI/c1-17-10-4-5-11-18(17)16-22(3)19(20-2)21-12-6-7-13-23-14-8-9-15-23;/h4-5,10-11H,6-9,12-16H2,1-3H3,(H,20,21);1H. The van der Waals surface area contributed by atoms with Gasteiger partial charge < -0.3 is 15.1 Å². The number of aryl methyl sites for hydroxylation is 1. The van der Waals surface area contributed by atoms with Gasteiger partial charge in [-0.3, -0.25) is 4.99 Å². The van der Waals surface area contributed by atoms with Crippen LogP contribution in [0.15, 0.2) is 29.3 Å². The minimum atomic E-state index is 0. The van der Waals surface area contributed by atoms with Gasteiger partial charge in [-0.25, -0.2) is 0 Å². The highest BCUT2D eigenvalue weighted by molar-refractivity contribution is 14.0. The van der Waals surface area contributed by atoms with Gasteiger partial charge in [0.15, 0.2) is 5.96 Å². The normalized spacial score (nSPS) is 15.2. The molecule has 136 valence electrons. The van der Waals surface area contributed by atoms with Crippen LogP contribution < -0.4 is 5.32 Å². The summed E-state index contributed by atoms with van der Waals surface area (Å²) in [5, 5.41) is 3.49. The molecule has 5 heteroatoms. The molecule has 0 spiro atoms. The summed E-state index contributed by atoms with van der Waals surface area (Å²) in [5.74, 6) is 0.981. The fourth-order valence-corrected chi connectivity index (χ4v) is 3.17. The van der Waals surface area contributed by atoms with Crippen LogP contribution in [0.25, 0.3) is 0 Å². The Morgan fingerprint density at radius 3 is 2.58 bits per heavy atom. The Morgan fingerprint density at radius 2 is 1.92 bits per heavy atom. The molecule has 24 heavy (non-hydrogen) atoms. The van der Waals surface area contributed by atoms with Crippen molar-refractivity contribution in [2.45, 2.75) is 39.2 Å². The molecule has 1 heterocycles. The fourth-order valence-electron chi connectivity index (χ4n) is 3.17. The Bertz CT molecular complexity index is 498. The molecule has 1 aliphatic heterocycles. The van der Waals surface area contributed by atoms with Gasteiger partial charge in [0, 0.05) is 27.2 Å². The molecule has 1 saturated heterocycles. The highest BCUT2D eigenvalue weighted by Gasteiger charge is 2.11. The lowest BCUT2D eigenvalue weighted by Crippen LogP contribution is -2.39. The maximum atomic E-state index is 4.41. The van der Waals surface area contributed by atoms with Gasteiger partial charge in [-0.1, -0.05) is 24.3 Å². The molecule has 1 N–H and O–H groups in total. The molecule has 0 radical (unpaired) electrons. The average molecular weight is 444 g/mol. The lowest BCUT2D eigenvalue weighted by molar-refractivity contribution is 0.330. The molecule has 0 unspecified atom stereocenters. The van der Waals surface area contributed by atoms with Gasteiger partial charge in [-0.15, -0.1) is 24.0 Å². The summed E-state index contributed by atoms with van der Waals surface area (Å²) in [6.45, 7) is 7.90. The second-order valence-corrected chi connectivity index (χ2v) is 6.51. The van der Waals surface area contributed by atoms with Crippen molar-refractivity contribution in [1.82, 2.24) is 15.1 Å². The van der Waals surface area contributed by atoms with Crippen LogP contribution in [0.2, 0.25) is 0 Å². The highest BCUT2D eigenvalue weighted by atomic mass is 127. The molecule has 0 amide bonds. The summed E-state index contributed by atoms with van der Waals surface area (Å²) < 4.78 is 0. The number of hydrogen-bond donors (Lipinski definition) is 1. The van der Waals surface area contributed by atoms with E-state index in [1.54, 1.807) is 0 Å². The van der Waals surface area contributed by atoms with Crippen LogP contribution in [-0.4, -0.2) is 56.0 Å². The number of halogens is 1. The van der Waals surface area contributed by atoms with Crippen LogP contribution in [0.1, 0.15) is 36.8 Å². The molecule has 0 bridgehead atoms. The van der Waals surface area contributed by atoms with Crippen LogP contribution in [0, 0.1) is 6.92 Å². The molecule has 0 aromatic heterocycles. The molecule has 1 fully saturated rings. The summed E-state index contributed by atoms with van der Waals surface area (Å²) >= 11 is 0.